The number of hydrogen-bond donors (Lipinski definition) is 0. The fourth-order valence-electron chi connectivity index (χ4n) is 4.58. The van der Waals surface area contributed by atoms with Gasteiger partial charge < -0.3 is 9.47 Å². The summed E-state index contributed by atoms with van der Waals surface area (Å²) in [4.78, 5) is 12.2. The quantitative estimate of drug-likeness (QED) is 0.398. The molecule has 2 aliphatic carbocycles. The molecule has 0 spiro atoms. The van der Waals surface area contributed by atoms with E-state index in [0.29, 0.717) is 5.92 Å². The fraction of sp³-hybridized carbons (Fsp3) is 0.682. The molecule has 29 heavy (non-hydrogen) atoms. The highest BCUT2D eigenvalue weighted by Crippen LogP contribution is 2.37. The van der Waals surface area contributed by atoms with Crippen LogP contribution in [-0.2, 0) is 4.74 Å². The van der Waals surface area contributed by atoms with E-state index in [0.717, 1.165) is 55.7 Å². The van der Waals surface area contributed by atoms with Crippen molar-refractivity contribution in [3.63, 3.8) is 0 Å². The molecule has 0 radical (unpaired) electrons. The summed E-state index contributed by atoms with van der Waals surface area (Å²) >= 11 is 0. The molecule has 0 aromatic heterocycles. The number of esters is 1. The van der Waals surface area contributed by atoms with Crippen LogP contribution in [0, 0.1) is 23.6 Å². The minimum Gasteiger partial charge on any atom is -0.459 e. The van der Waals surface area contributed by atoms with E-state index in [2.05, 4.69) is 11.7 Å². The lowest BCUT2D eigenvalue weighted by atomic mass is 9.75. The van der Waals surface area contributed by atoms with Crippen LogP contribution in [0.25, 0.3) is 0 Å². The molecule has 0 atom stereocenters. The number of rotatable bonds is 5. The van der Waals surface area contributed by atoms with Crippen LogP contribution in [0.4, 0.5) is 17.6 Å². The van der Waals surface area contributed by atoms with Crippen LogP contribution in [-0.4, -0.2) is 18.4 Å². The fourth-order valence-corrected chi connectivity index (χ4v) is 4.58. The van der Waals surface area contributed by atoms with Gasteiger partial charge in [-0.15, -0.1) is 13.2 Å². The van der Waals surface area contributed by atoms with Crippen molar-refractivity contribution in [2.75, 3.05) is 0 Å². The van der Waals surface area contributed by atoms with E-state index in [1.807, 2.05) is 0 Å². The van der Waals surface area contributed by atoms with Crippen LogP contribution in [0.3, 0.4) is 0 Å². The first kappa shape index (κ1) is 21.9. The zero-order chi connectivity index (χ0) is 21.0. The minimum atomic E-state index is -4.99. The summed E-state index contributed by atoms with van der Waals surface area (Å²) in [6.07, 6.45) is 4.88. The Kier molecular flexibility index (Phi) is 7.06. The minimum absolute atomic E-state index is 0.115. The molecule has 3 nitrogen and oxygen atoms in total. The summed E-state index contributed by atoms with van der Waals surface area (Å²) < 4.78 is 59.4. The molecule has 0 saturated heterocycles. The summed E-state index contributed by atoms with van der Waals surface area (Å²) in [6, 6.07) is 2.60. The molecule has 0 aliphatic heterocycles. The van der Waals surface area contributed by atoms with E-state index in [1.165, 1.54) is 32.1 Å². The van der Waals surface area contributed by atoms with Gasteiger partial charge in [0.2, 0.25) is 0 Å². The van der Waals surface area contributed by atoms with Gasteiger partial charge in [0.25, 0.3) is 0 Å². The number of hydrogen-bond acceptors (Lipinski definition) is 3. The number of benzene rings is 1. The highest BCUT2D eigenvalue weighted by Gasteiger charge is 2.33. The normalized spacial score (nSPS) is 28.0. The summed E-state index contributed by atoms with van der Waals surface area (Å²) in [5.41, 5.74) is -0.115. The first-order valence-electron chi connectivity index (χ1n) is 10.5. The van der Waals surface area contributed by atoms with E-state index < -0.39 is 23.9 Å². The van der Waals surface area contributed by atoms with E-state index >= 15 is 0 Å². The van der Waals surface area contributed by atoms with Crippen molar-refractivity contribution in [1.82, 2.24) is 0 Å². The molecule has 1 aromatic rings. The third kappa shape index (κ3) is 6.61. The smallest absolute Gasteiger partial charge is 0.459 e. The van der Waals surface area contributed by atoms with Crippen molar-refractivity contribution in [3.8, 4) is 5.75 Å². The van der Waals surface area contributed by atoms with Gasteiger partial charge in [-0.2, -0.15) is 0 Å². The van der Waals surface area contributed by atoms with E-state index in [1.54, 1.807) is 0 Å². The first-order chi connectivity index (χ1) is 13.7. The van der Waals surface area contributed by atoms with Gasteiger partial charge in [0.1, 0.15) is 6.10 Å². The predicted molar refractivity (Wildman–Crippen MR) is 100.0 cm³/mol. The van der Waals surface area contributed by atoms with Crippen LogP contribution in [0.15, 0.2) is 18.2 Å². The molecule has 162 valence electrons. The van der Waals surface area contributed by atoms with Crippen molar-refractivity contribution in [2.24, 2.45) is 17.8 Å². The second-order valence-electron chi connectivity index (χ2n) is 8.60. The molecule has 0 bridgehead atoms. The standard InChI is InChI=1S/C22H28F4O3/c1-14-2-4-15(5-3-14)12-16-6-9-18(10-7-16)28-21(27)17-8-11-20(19(23)13-17)29-22(24,25)26/h8,11,13-16,18H,2-7,9-10,12H2,1H3. The lowest BCUT2D eigenvalue weighted by molar-refractivity contribution is -0.275. The molecule has 3 rings (SSSR count). The molecule has 0 heterocycles. The Hall–Kier alpha value is -1.79. The molecule has 0 unspecified atom stereocenters. The average molecular weight is 416 g/mol. The van der Waals surface area contributed by atoms with Gasteiger partial charge in [-0.25, -0.2) is 9.18 Å². The largest absolute Gasteiger partial charge is 0.573 e. The second-order valence-corrected chi connectivity index (χ2v) is 8.60. The van der Waals surface area contributed by atoms with Crippen LogP contribution in [0.5, 0.6) is 5.75 Å². The summed E-state index contributed by atoms with van der Waals surface area (Å²) in [6.45, 7) is 2.32. The van der Waals surface area contributed by atoms with Gasteiger partial charge >= 0.3 is 12.3 Å². The number of alkyl halides is 3. The zero-order valence-corrected chi connectivity index (χ0v) is 16.6. The van der Waals surface area contributed by atoms with Crippen molar-refractivity contribution in [3.05, 3.63) is 29.6 Å². The van der Waals surface area contributed by atoms with E-state index in [9.17, 15) is 22.4 Å². The Bertz CT molecular complexity index is 688. The van der Waals surface area contributed by atoms with Gasteiger partial charge in [-0.05, 0) is 68.1 Å². The average Bonchev–Trinajstić information content (AvgIpc) is 2.66. The lowest BCUT2D eigenvalue weighted by Gasteiger charge is -2.33. The number of carbonyl (C=O) groups excluding carboxylic acids is 1. The highest BCUT2D eigenvalue weighted by atomic mass is 19.4. The monoisotopic (exact) mass is 416 g/mol. The Morgan fingerprint density at radius 2 is 1.59 bits per heavy atom. The maximum absolute atomic E-state index is 13.8. The van der Waals surface area contributed by atoms with E-state index in [4.69, 9.17) is 4.74 Å². The summed E-state index contributed by atoms with van der Waals surface area (Å²) in [7, 11) is 0. The molecule has 1 aromatic carbocycles. The highest BCUT2D eigenvalue weighted by molar-refractivity contribution is 5.89. The zero-order valence-electron chi connectivity index (χ0n) is 16.6. The molecule has 2 saturated carbocycles. The molecule has 0 N–H and O–H groups in total. The van der Waals surface area contributed by atoms with Crippen LogP contribution < -0.4 is 4.74 Å². The van der Waals surface area contributed by atoms with Crippen LogP contribution in [0.2, 0.25) is 0 Å². The van der Waals surface area contributed by atoms with Gasteiger partial charge in [0, 0.05) is 0 Å². The molecule has 2 aliphatic rings. The maximum Gasteiger partial charge on any atom is 0.573 e. The van der Waals surface area contributed by atoms with Gasteiger partial charge in [0.05, 0.1) is 5.56 Å². The van der Waals surface area contributed by atoms with Crippen molar-refractivity contribution < 1.29 is 31.8 Å². The summed E-state index contributed by atoms with van der Waals surface area (Å²) in [5.74, 6) is -0.600. The number of carbonyl (C=O) groups is 1. The SMILES string of the molecule is CC1CCC(CC2CCC(OC(=O)c3ccc(OC(F)(F)F)c(F)c3)CC2)CC1. The van der Waals surface area contributed by atoms with E-state index in [-0.39, 0.29) is 11.7 Å². The van der Waals surface area contributed by atoms with Gasteiger partial charge in [0.15, 0.2) is 11.6 Å². The van der Waals surface area contributed by atoms with Gasteiger partial charge in [-0.1, -0.05) is 32.6 Å². The Morgan fingerprint density at radius 3 is 2.14 bits per heavy atom. The van der Waals surface area contributed by atoms with Crippen molar-refractivity contribution in [1.29, 1.82) is 0 Å². The maximum atomic E-state index is 13.8. The van der Waals surface area contributed by atoms with Crippen LogP contribution >= 0.6 is 0 Å². The predicted octanol–water partition coefficient (Wildman–Crippen LogP) is 6.66. The Labute approximate surface area is 168 Å². The van der Waals surface area contributed by atoms with Crippen LogP contribution in [0.1, 0.15) is 75.1 Å². The Morgan fingerprint density at radius 1 is 1.00 bits per heavy atom. The third-order valence-corrected chi connectivity index (χ3v) is 6.26. The number of ether oxygens (including phenoxy) is 2. The topological polar surface area (TPSA) is 35.5 Å². The lowest BCUT2D eigenvalue weighted by Crippen LogP contribution is -2.26. The molecular formula is C22H28F4O3. The van der Waals surface area contributed by atoms with Gasteiger partial charge in [-0.3, -0.25) is 0 Å². The van der Waals surface area contributed by atoms with Crippen molar-refractivity contribution >= 4 is 5.97 Å². The Balaban J connectivity index is 1.45. The summed E-state index contributed by atoms with van der Waals surface area (Å²) in [5, 5.41) is 0. The van der Waals surface area contributed by atoms with Crippen molar-refractivity contribution in [2.45, 2.75) is 77.2 Å². The molecular weight excluding hydrogens is 388 g/mol. The first-order valence-corrected chi connectivity index (χ1v) is 10.5. The molecule has 2 fully saturated rings. The molecule has 7 heteroatoms. The third-order valence-electron chi connectivity index (χ3n) is 6.26. The second kappa shape index (κ2) is 9.35. The molecule has 0 amide bonds. The number of halogens is 4.